The summed E-state index contributed by atoms with van der Waals surface area (Å²) in [5.41, 5.74) is 0. The van der Waals surface area contributed by atoms with Gasteiger partial charge in [0.25, 0.3) is 0 Å². The molecule has 0 spiro atoms. The predicted octanol–water partition coefficient (Wildman–Crippen LogP) is 15.8. The molecule has 0 fully saturated rings. The van der Waals surface area contributed by atoms with Crippen molar-refractivity contribution in [3.8, 4) is 0 Å². The van der Waals surface area contributed by atoms with E-state index in [1.165, 1.54) is 122 Å². The number of allylic oxidation sites excluding steroid dienone is 12. The summed E-state index contributed by atoms with van der Waals surface area (Å²) in [5.74, 6) is -0.534. The van der Waals surface area contributed by atoms with Crippen molar-refractivity contribution >= 4 is 19.7 Å². The van der Waals surface area contributed by atoms with E-state index in [0.717, 1.165) is 83.5 Å². The Morgan fingerprint density at radius 1 is 0.477 bits per heavy atom. The SMILES string of the molecule is CCCCC/C=C\C/C=C\C/C=C\C/C=C\CCCCCCCC(=O)NCCOP(=O)(O)OCC(O)COC(=O)CCCCCCCCCCCCCCC/C=C\C/C=C\CCCCC. The smallest absolute Gasteiger partial charge is 0.463 e. The molecule has 0 rings (SSSR count). The Balaban J connectivity index is 3.59. The van der Waals surface area contributed by atoms with Crippen LogP contribution in [0.4, 0.5) is 0 Å². The molecule has 0 aromatic carbocycles. The summed E-state index contributed by atoms with van der Waals surface area (Å²) < 4.78 is 27.0. The zero-order chi connectivity index (χ0) is 47.4. The topological polar surface area (TPSA) is 131 Å². The number of amides is 1. The quantitative estimate of drug-likeness (QED) is 0.0238. The molecule has 2 atom stereocenters. The summed E-state index contributed by atoms with van der Waals surface area (Å²) in [6.45, 7) is 3.49. The molecule has 10 heteroatoms. The minimum absolute atomic E-state index is 0.0684. The van der Waals surface area contributed by atoms with E-state index in [1.807, 2.05) is 0 Å². The highest BCUT2D eigenvalue weighted by atomic mass is 31.2. The minimum atomic E-state index is -4.43. The van der Waals surface area contributed by atoms with Gasteiger partial charge in [-0.25, -0.2) is 4.57 Å². The van der Waals surface area contributed by atoms with Crippen molar-refractivity contribution in [3.05, 3.63) is 72.9 Å². The van der Waals surface area contributed by atoms with Gasteiger partial charge in [0.1, 0.15) is 12.7 Å². The Bertz CT molecular complexity index is 1290. The zero-order valence-corrected chi connectivity index (χ0v) is 42.6. The van der Waals surface area contributed by atoms with Gasteiger partial charge < -0.3 is 20.1 Å². The van der Waals surface area contributed by atoms with Gasteiger partial charge in [-0.05, 0) is 89.9 Å². The van der Waals surface area contributed by atoms with Crippen LogP contribution in [0.2, 0.25) is 0 Å². The third kappa shape index (κ3) is 52.3. The van der Waals surface area contributed by atoms with Crippen LogP contribution in [0.3, 0.4) is 0 Å². The Morgan fingerprint density at radius 3 is 1.25 bits per heavy atom. The lowest BCUT2D eigenvalue weighted by Gasteiger charge is -2.15. The Hall–Kier alpha value is -2.55. The number of ether oxygens (including phenoxy) is 1. The molecular weight excluding hydrogens is 834 g/mol. The molecular formula is C55H98NO8P. The van der Waals surface area contributed by atoms with E-state index in [1.54, 1.807) is 0 Å². The molecule has 3 N–H and O–H groups in total. The van der Waals surface area contributed by atoms with Gasteiger partial charge in [0.2, 0.25) is 5.91 Å². The van der Waals surface area contributed by atoms with E-state index in [2.05, 4.69) is 92.1 Å². The van der Waals surface area contributed by atoms with E-state index >= 15 is 0 Å². The van der Waals surface area contributed by atoms with Crippen LogP contribution in [0.15, 0.2) is 72.9 Å². The van der Waals surface area contributed by atoms with Gasteiger partial charge in [0.05, 0.1) is 13.2 Å². The van der Waals surface area contributed by atoms with Crippen molar-refractivity contribution in [2.24, 2.45) is 0 Å². The van der Waals surface area contributed by atoms with E-state index in [-0.39, 0.29) is 32.1 Å². The first-order chi connectivity index (χ1) is 31.8. The van der Waals surface area contributed by atoms with Crippen LogP contribution in [0.5, 0.6) is 0 Å². The molecule has 0 heterocycles. The van der Waals surface area contributed by atoms with Crippen molar-refractivity contribution in [2.75, 3.05) is 26.4 Å². The number of phosphoric acid groups is 1. The number of phosphoric ester groups is 1. The Morgan fingerprint density at radius 2 is 0.831 bits per heavy atom. The molecule has 0 saturated heterocycles. The van der Waals surface area contributed by atoms with Gasteiger partial charge in [-0.1, -0.05) is 202 Å². The molecule has 65 heavy (non-hydrogen) atoms. The van der Waals surface area contributed by atoms with E-state index in [9.17, 15) is 24.2 Å². The lowest BCUT2D eigenvalue weighted by molar-refractivity contribution is -0.147. The van der Waals surface area contributed by atoms with Gasteiger partial charge in [-0.15, -0.1) is 0 Å². The maximum absolute atomic E-state index is 12.2. The van der Waals surface area contributed by atoms with Crippen molar-refractivity contribution in [1.29, 1.82) is 0 Å². The number of hydrogen-bond donors (Lipinski definition) is 3. The van der Waals surface area contributed by atoms with E-state index in [0.29, 0.717) is 6.42 Å². The Kier molecular flexibility index (Phi) is 48.9. The fourth-order valence-corrected chi connectivity index (χ4v) is 7.86. The molecule has 0 radical (unpaired) electrons. The van der Waals surface area contributed by atoms with Crippen molar-refractivity contribution in [1.82, 2.24) is 5.32 Å². The van der Waals surface area contributed by atoms with Crippen molar-refractivity contribution in [2.45, 2.75) is 238 Å². The average molecular weight is 932 g/mol. The van der Waals surface area contributed by atoms with Crippen LogP contribution in [-0.2, 0) is 27.9 Å². The van der Waals surface area contributed by atoms with Gasteiger partial charge in [0.15, 0.2) is 0 Å². The molecule has 0 aliphatic carbocycles. The first-order valence-electron chi connectivity index (χ1n) is 26.4. The highest BCUT2D eigenvalue weighted by Crippen LogP contribution is 2.42. The zero-order valence-electron chi connectivity index (χ0n) is 41.7. The predicted molar refractivity (Wildman–Crippen MR) is 275 cm³/mol. The molecule has 0 aliphatic rings. The normalized spacial score (nSPS) is 13.7. The van der Waals surface area contributed by atoms with Crippen LogP contribution in [-0.4, -0.2) is 54.3 Å². The summed E-state index contributed by atoms with van der Waals surface area (Å²) in [7, 11) is -4.43. The van der Waals surface area contributed by atoms with Crippen LogP contribution < -0.4 is 5.32 Å². The summed E-state index contributed by atoms with van der Waals surface area (Å²) in [6.07, 6.45) is 64.1. The molecule has 0 aliphatic heterocycles. The second kappa shape index (κ2) is 50.9. The number of aliphatic hydroxyl groups is 1. The number of aliphatic hydroxyl groups excluding tert-OH is 1. The van der Waals surface area contributed by atoms with Crippen molar-refractivity contribution in [3.63, 3.8) is 0 Å². The number of unbranched alkanes of at least 4 members (excludes halogenated alkanes) is 24. The van der Waals surface area contributed by atoms with E-state index < -0.39 is 26.5 Å². The third-order valence-corrected chi connectivity index (χ3v) is 12.1. The second-order valence-electron chi connectivity index (χ2n) is 17.5. The number of carbonyl (C=O) groups is 2. The number of nitrogens with one attached hydrogen (secondary N) is 1. The molecule has 0 bridgehead atoms. The second-order valence-corrected chi connectivity index (χ2v) is 18.9. The van der Waals surface area contributed by atoms with Gasteiger partial charge in [-0.3, -0.25) is 18.6 Å². The molecule has 2 unspecified atom stereocenters. The number of rotatable bonds is 49. The van der Waals surface area contributed by atoms with Gasteiger partial charge in [-0.2, -0.15) is 0 Å². The first kappa shape index (κ1) is 62.4. The standard InChI is InChI=1S/C55H98NO8P/c1-3-5-7-9-11-13-15-17-19-21-23-25-26-28-30-32-34-36-38-40-42-44-46-48-55(59)62-51-53(57)52-64-65(60,61)63-50-49-56-54(58)47-45-43-41-39-37-35-33-31-29-27-24-22-20-18-16-14-12-10-8-6-4-2/h11-14,17-20,24,27,31,33,53,57H,3-10,15-16,21-23,25-26,28-30,32,34-52H2,1-2H3,(H,56,58)(H,60,61)/b13-11-,14-12-,19-17-,20-18-,27-24-,33-31-. The summed E-state index contributed by atoms with van der Waals surface area (Å²) in [6, 6.07) is 0. The fourth-order valence-electron chi connectivity index (χ4n) is 7.10. The summed E-state index contributed by atoms with van der Waals surface area (Å²) in [4.78, 5) is 34.1. The minimum Gasteiger partial charge on any atom is -0.463 e. The lowest BCUT2D eigenvalue weighted by Crippen LogP contribution is -2.27. The van der Waals surface area contributed by atoms with Gasteiger partial charge >= 0.3 is 13.8 Å². The molecule has 0 aromatic heterocycles. The summed E-state index contributed by atoms with van der Waals surface area (Å²) >= 11 is 0. The highest BCUT2D eigenvalue weighted by Gasteiger charge is 2.23. The number of esters is 1. The number of hydrogen-bond acceptors (Lipinski definition) is 7. The monoisotopic (exact) mass is 932 g/mol. The third-order valence-electron chi connectivity index (χ3n) is 11.1. The van der Waals surface area contributed by atoms with Crippen LogP contribution in [0.1, 0.15) is 232 Å². The van der Waals surface area contributed by atoms with Gasteiger partial charge in [0, 0.05) is 19.4 Å². The van der Waals surface area contributed by atoms with Crippen LogP contribution in [0, 0.1) is 0 Å². The van der Waals surface area contributed by atoms with Crippen LogP contribution >= 0.6 is 7.82 Å². The fraction of sp³-hybridized carbons (Fsp3) is 0.745. The van der Waals surface area contributed by atoms with E-state index in [4.69, 9.17) is 13.8 Å². The highest BCUT2D eigenvalue weighted by molar-refractivity contribution is 7.47. The molecule has 0 aromatic rings. The average Bonchev–Trinajstić information content (AvgIpc) is 3.29. The maximum Gasteiger partial charge on any atom is 0.472 e. The first-order valence-corrected chi connectivity index (χ1v) is 27.9. The summed E-state index contributed by atoms with van der Waals surface area (Å²) in [5, 5.41) is 12.8. The lowest BCUT2D eigenvalue weighted by atomic mass is 10.0. The molecule has 1 amide bonds. The van der Waals surface area contributed by atoms with Crippen molar-refractivity contribution < 1.29 is 37.9 Å². The Labute approximate surface area is 399 Å². The molecule has 376 valence electrons. The molecule has 9 nitrogen and oxygen atoms in total. The maximum atomic E-state index is 12.2. The number of carbonyl (C=O) groups excluding carboxylic acids is 2. The molecule has 0 saturated carbocycles. The largest absolute Gasteiger partial charge is 0.472 e. The van der Waals surface area contributed by atoms with Crippen LogP contribution in [0.25, 0.3) is 0 Å².